The Morgan fingerprint density at radius 2 is 1.75 bits per heavy atom. The molecule has 0 bridgehead atoms. The van der Waals surface area contributed by atoms with Crippen LogP contribution in [0.2, 0.25) is 5.02 Å². The zero-order chi connectivity index (χ0) is 14.2. The second kappa shape index (κ2) is 5.09. The lowest BCUT2D eigenvalue weighted by Crippen LogP contribution is -2.55. The molecule has 0 unspecified atom stereocenters. The second-order valence-electron chi connectivity index (χ2n) is 5.52. The predicted octanol–water partition coefficient (Wildman–Crippen LogP) is 2.51. The molecule has 0 atom stereocenters. The molecule has 2 amide bonds. The molecule has 4 nitrogen and oxygen atoms in total. The average molecular weight is 293 g/mol. The first-order chi connectivity index (χ1) is 9.61. The van der Waals surface area contributed by atoms with E-state index in [1.54, 1.807) is 17.0 Å². The molecule has 0 radical (unpaired) electrons. The third-order valence-corrected chi connectivity index (χ3v) is 4.44. The number of nitrogens with zero attached hydrogens (tertiary/aromatic N) is 1. The summed E-state index contributed by atoms with van der Waals surface area (Å²) in [5, 5.41) is 3.60. The molecule has 1 aliphatic carbocycles. The molecule has 5 heteroatoms. The molecule has 1 spiro atoms. The zero-order valence-corrected chi connectivity index (χ0v) is 11.9. The largest absolute Gasteiger partial charge is 0.342 e. The Bertz CT molecular complexity index is 535. The van der Waals surface area contributed by atoms with E-state index in [1.165, 1.54) is 0 Å². The maximum Gasteiger partial charge on any atom is 0.252 e. The van der Waals surface area contributed by atoms with Crippen LogP contribution in [0.1, 0.15) is 32.1 Å². The molecule has 3 rings (SSSR count). The summed E-state index contributed by atoms with van der Waals surface area (Å²) in [5.41, 5.74) is 0.120. The van der Waals surface area contributed by atoms with Crippen LogP contribution in [-0.4, -0.2) is 23.9 Å². The molecule has 1 heterocycles. The van der Waals surface area contributed by atoms with Gasteiger partial charge in [0.25, 0.3) is 5.91 Å². The van der Waals surface area contributed by atoms with Gasteiger partial charge in [-0.3, -0.25) is 9.59 Å². The van der Waals surface area contributed by atoms with Crippen molar-refractivity contribution in [2.45, 2.75) is 37.6 Å². The van der Waals surface area contributed by atoms with Crippen LogP contribution in [0.5, 0.6) is 0 Å². The molecular formula is C15H17ClN2O2. The van der Waals surface area contributed by atoms with Gasteiger partial charge >= 0.3 is 0 Å². The molecule has 1 saturated heterocycles. The Hall–Kier alpha value is -1.55. The molecule has 1 aromatic carbocycles. The molecule has 2 fully saturated rings. The fourth-order valence-electron chi connectivity index (χ4n) is 3.14. The number of hydrogen-bond acceptors (Lipinski definition) is 2. The van der Waals surface area contributed by atoms with E-state index in [0.29, 0.717) is 18.0 Å². The highest BCUT2D eigenvalue weighted by atomic mass is 35.5. The van der Waals surface area contributed by atoms with Gasteiger partial charge in [0.2, 0.25) is 5.91 Å². The molecule has 1 aliphatic heterocycles. The number of rotatable bonds is 1. The summed E-state index contributed by atoms with van der Waals surface area (Å²) in [4.78, 5) is 26.5. The number of amides is 2. The minimum Gasteiger partial charge on any atom is -0.342 e. The number of anilines is 1. The van der Waals surface area contributed by atoms with E-state index in [9.17, 15) is 9.59 Å². The van der Waals surface area contributed by atoms with E-state index in [-0.39, 0.29) is 11.8 Å². The highest BCUT2D eigenvalue weighted by Gasteiger charge is 2.46. The van der Waals surface area contributed by atoms with E-state index in [2.05, 4.69) is 5.32 Å². The third kappa shape index (κ3) is 2.29. The van der Waals surface area contributed by atoms with Crippen molar-refractivity contribution < 1.29 is 9.59 Å². The SMILES string of the molecule is O=C1CCN(c2ccc(Cl)cc2)C(=O)C2(CCCC2)N1. The van der Waals surface area contributed by atoms with Crippen LogP contribution in [0.3, 0.4) is 0 Å². The Morgan fingerprint density at radius 1 is 1.10 bits per heavy atom. The molecule has 1 saturated carbocycles. The maximum atomic E-state index is 12.9. The van der Waals surface area contributed by atoms with Gasteiger partial charge in [-0.25, -0.2) is 0 Å². The minimum atomic E-state index is -0.687. The van der Waals surface area contributed by atoms with Crippen molar-refractivity contribution in [3.63, 3.8) is 0 Å². The van der Waals surface area contributed by atoms with Gasteiger partial charge in [0.15, 0.2) is 0 Å². The van der Waals surface area contributed by atoms with Crippen LogP contribution in [0, 0.1) is 0 Å². The second-order valence-corrected chi connectivity index (χ2v) is 5.96. The number of nitrogens with one attached hydrogen (secondary N) is 1. The van der Waals surface area contributed by atoms with Gasteiger partial charge in [-0.05, 0) is 37.1 Å². The summed E-state index contributed by atoms with van der Waals surface area (Å²) in [7, 11) is 0. The van der Waals surface area contributed by atoms with Crippen molar-refractivity contribution >= 4 is 29.1 Å². The van der Waals surface area contributed by atoms with Gasteiger partial charge in [0.05, 0.1) is 0 Å². The molecule has 20 heavy (non-hydrogen) atoms. The Morgan fingerprint density at radius 3 is 2.40 bits per heavy atom. The van der Waals surface area contributed by atoms with Crippen LogP contribution in [-0.2, 0) is 9.59 Å². The van der Waals surface area contributed by atoms with E-state index in [1.807, 2.05) is 12.1 Å². The number of carbonyl (C=O) groups excluding carboxylic acids is 2. The van der Waals surface area contributed by atoms with E-state index in [4.69, 9.17) is 11.6 Å². The van der Waals surface area contributed by atoms with E-state index >= 15 is 0 Å². The summed E-state index contributed by atoms with van der Waals surface area (Å²) in [5.74, 6) is -0.0140. The first-order valence-electron chi connectivity index (χ1n) is 6.99. The quantitative estimate of drug-likeness (QED) is 0.864. The van der Waals surface area contributed by atoms with Gasteiger partial charge in [-0.2, -0.15) is 0 Å². The summed E-state index contributed by atoms with van der Waals surface area (Å²) >= 11 is 5.89. The Labute approximate surface area is 123 Å². The standard InChI is InChI=1S/C15H17ClN2O2/c16-11-3-5-12(6-4-11)18-10-7-13(19)17-15(14(18)20)8-1-2-9-15/h3-6H,1-2,7-10H2,(H,17,19). The third-order valence-electron chi connectivity index (χ3n) is 4.19. The molecule has 1 N–H and O–H groups in total. The summed E-state index contributed by atoms with van der Waals surface area (Å²) in [6.07, 6.45) is 3.79. The number of halogens is 1. The molecule has 0 aromatic heterocycles. The van der Waals surface area contributed by atoms with Gasteiger partial charge < -0.3 is 10.2 Å². The summed E-state index contributed by atoms with van der Waals surface area (Å²) in [6, 6.07) is 7.20. The zero-order valence-electron chi connectivity index (χ0n) is 11.2. The van der Waals surface area contributed by atoms with Crippen molar-refractivity contribution in [2.75, 3.05) is 11.4 Å². The normalized spacial score (nSPS) is 21.9. The number of hydrogen-bond donors (Lipinski definition) is 1. The van der Waals surface area contributed by atoms with Crippen molar-refractivity contribution in [1.82, 2.24) is 5.32 Å². The Balaban J connectivity index is 1.95. The topological polar surface area (TPSA) is 49.4 Å². The lowest BCUT2D eigenvalue weighted by molar-refractivity contribution is -0.129. The highest BCUT2D eigenvalue weighted by Crippen LogP contribution is 2.34. The number of carbonyl (C=O) groups is 2. The molecular weight excluding hydrogens is 276 g/mol. The van der Waals surface area contributed by atoms with Crippen LogP contribution < -0.4 is 10.2 Å². The fraction of sp³-hybridized carbons (Fsp3) is 0.467. The summed E-state index contributed by atoms with van der Waals surface area (Å²) < 4.78 is 0. The minimum absolute atomic E-state index is 0.0168. The van der Waals surface area contributed by atoms with Crippen LogP contribution in [0.15, 0.2) is 24.3 Å². The number of benzene rings is 1. The van der Waals surface area contributed by atoms with Crippen molar-refractivity contribution in [3.05, 3.63) is 29.3 Å². The van der Waals surface area contributed by atoms with Gasteiger partial charge in [-0.1, -0.05) is 24.4 Å². The van der Waals surface area contributed by atoms with Crippen LogP contribution in [0.25, 0.3) is 0 Å². The van der Waals surface area contributed by atoms with E-state index in [0.717, 1.165) is 31.4 Å². The lowest BCUT2D eigenvalue weighted by atomic mass is 9.95. The maximum absolute atomic E-state index is 12.9. The smallest absolute Gasteiger partial charge is 0.252 e. The highest BCUT2D eigenvalue weighted by molar-refractivity contribution is 6.30. The lowest BCUT2D eigenvalue weighted by Gasteiger charge is -2.31. The monoisotopic (exact) mass is 292 g/mol. The van der Waals surface area contributed by atoms with Crippen molar-refractivity contribution in [2.24, 2.45) is 0 Å². The molecule has 106 valence electrons. The van der Waals surface area contributed by atoms with Gasteiger partial charge in [0, 0.05) is 23.7 Å². The average Bonchev–Trinajstić information content (AvgIpc) is 2.85. The van der Waals surface area contributed by atoms with Gasteiger partial charge in [-0.15, -0.1) is 0 Å². The predicted molar refractivity (Wildman–Crippen MR) is 77.8 cm³/mol. The Kier molecular flexibility index (Phi) is 3.42. The molecule has 2 aliphatic rings. The van der Waals surface area contributed by atoms with Gasteiger partial charge in [0.1, 0.15) is 5.54 Å². The van der Waals surface area contributed by atoms with Crippen LogP contribution >= 0.6 is 11.6 Å². The van der Waals surface area contributed by atoms with E-state index < -0.39 is 5.54 Å². The van der Waals surface area contributed by atoms with Crippen molar-refractivity contribution in [1.29, 1.82) is 0 Å². The van der Waals surface area contributed by atoms with Crippen molar-refractivity contribution in [3.8, 4) is 0 Å². The molecule has 1 aromatic rings. The van der Waals surface area contributed by atoms with Crippen LogP contribution in [0.4, 0.5) is 5.69 Å². The summed E-state index contributed by atoms with van der Waals surface area (Å²) in [6.45, 7) is 0.425. The first-order valence-corrected chi connectivity index (χ1v) is 7.37. The fourth-order valence-corrected chi connectivity index (χ4v) is 3.27. The first kappa shape index (κ1) is 13.4.